The van der Waals surface area contributed by atoms with Gasteiger partial charge in [-0.2, -0.15) is 0 Å². The second-order valence-corrected chi connectivity index (χ2v) is 4.66. The molecule has 2 heterocycles. The van der Waals surface area contributed by atoms with E-state index in [9.17, 15) is 0 Å². The van der Waals surface area contributed by atoms with Gasteiger partial charge in [0.25, 0.3) is 0 Å². The van der Waals surface area contributed by atoms with Gasteiger partial charge in [-0.25, -0.2) is 0 Å². The zero-order valence-corrected chi connectivity index (χ0v) is 9.84. The van der Waals surface area contributed by atoms with Gasteiger partial charge >= 0.3 is 0 Å². The summed E-state index contributed by atoms with van der Waals surface area (Å²) in [7, 11) is 0. The molecule has 0 bridgehead atoms. The van der Waals surface area contributed by atoms with Gasteiger partial charge in [-0.05, 0) is 31.4 Å². The molecule has 1 saturated heterocycles. The molecule has 0 amide bonds. The number of hydrogen-bond donors (Lipinski definition) is 0. The number of pyridine rings is 1. The quantitative estimate of drug-likeness (QED) is 0.740. The Kier molecular flexibility index (Phi) is 2.79. The highest BCUT2D eigenvalue weighted by Gasteiger charge is 2.33. The minimum absolute atomic E-state index is 0.187. The molecule has 2 heteroatoms. The van der Waals surface area contributed by atoms with E-state index in [4.69, 9.17) is 4.74 Å². The Morgan fingerprint density at radius 3 is 2.87 bits per heavy atom. The first kappa shape index (κ1) is 10.6. The van der Waals surface area contributed by atoms with Gasteiger partial charge in [0, 0.05) is 23.4 Å². The number of nitrogens with zero attached hydrogens (tertiary/aromatic N) is 1. The van der Waals surface area contributed by atoms with E-state index in [0.29, 0.717) is 0 Å². The molecule has 1 atom stereocenters. The first-order chi connectivity index (χ1) is 7.15. The van der Waals surface area contributed by atoms with Crippen LogP contribution in [0.1, 0.15) is 37.2 Å². The summed E-state index contributed by atoms with van der Waals surface area (Å²) in [4.78, 5) is 4.63. The van der Waals surface area contributed by atoms with Gasteiger partial charge in [0.2, 0.25) is 0 Å². The summed E-state index contributed by atoms with van der Waals surface area (Å²) in [5.74, 6) is 0. The predicted molar refractivity (Wildman–Crippen MR) is 61.1 cm³/mol. The van der Waals surface area contributed by atoms with E-state index in [0.717, 1.165) is 31.7 Å². The minimum Gasteiger partial charge on any atom is -0.380 e. The molecule has 0 spiro atoms. The summed E-state index contributed by atoms with van der Waals surface area (Å²) in [5.41, 5.74) is 3.92. The molecule has 15 heavy (non-hydrogen) atoms. The molecule has 0 radical (unpaired) electrons. The van der Waals surface area contributed by atoms with Gasteiger partial charge in [0.1, 0.15) is 0 Å². The highest BCUT2D eigenvalue weighted by molar-refractivity contribution is 5.31. The van der Waals surface area contributed by atoms with Gasteiger partial charge in [-0.3, -0.25) is 4.98 Å². The molecule has 0 unspecified atom stereocenters. The molecule has 2 rings (SSSR count). The van der Waals surface area contributed by atoms with Crippen LogP contribution in [0.4, 0.5) is 0 Å². The van der Waals surface area contributed by atoms with Crippen LogP contribution in [0.5, 0.6) is 0 Å². The van der Waals surface area contributed by atoms with Gasteiger partial charge in [-0.1, -0.05) is 19.9 Å². The zero-order chi connectivity index (χ0) is 10.9. The van der Waals surface area contributed by atoms with Crippen molar-refractivity contribution in [1.29, 1.82) is 0 Å². The topological polar surface area (TPSA) is 22.1 Å². The zero-order valence-electron chi connectivity index (χ0n) is 9.84. The second-order valence-electron chi connectivity index (χ2n) is 4.66. The minimum atomic E-state index is 0.187. The molecule has 1 fully saturated rings. The van der Waals surface area contributed by atoms with Crippen molar-refractivity contribution in [2.24, 2.45) is 0 Å². The van der Waals surface area contributed by atoms with Crippen LogP contribution in [0.3, 0.4) is 0 Å². The third-order valence-corrected chi connectivity index (χ3v) is 3.32. The average molecular weight is 205 g/mol. The van der Waals surface area contributed by atoms with Crippen molar-refractivity contribution in [2.45, 2.75) is 39.0 Å². The Morgan fingerprint density at radius 1 is 1.47 bits per heavy atom. The van der Waals surface area contributed by atoms with Crippen LogP contribution < -0.4 is 0 Å². The Bertz CT molecular complexity index is 354. The van der Waals surface area contributed by atoms with Crippen molar-refractivity contribution in [3.8, 4) is 0 Å². The molecule has 0 aliphatic carbocycles. The lowest BCUT2D eigenvalue weighted by molar-refractivity contribution is 0.180. The third kappa shape index (κ3) is 1.91. The fraction of sp³-hybridized carbons (Fsp3) is 0.615. The fourth-order valence-corrected chi connectivity index (χ4v) is 2.31. The van der Waals surface area contributed by atoms with E-state index >= 15 is 0 Å². The first-order valence-electron chi connectivity index (χ1n) is 5.70. The van der Waals surface area contributed by atoms with Gasteiger partial charge in [-0.15, -0.1) is 0 Å². The Balaban J connectivity index is 2.42. The van der Waals surface area contributed by atoms with Crippen LogP contribution in [0.25, 0.3) is 0 Å². The average Bonchev–Trinajstić information content (AvgIpc) is 2.66. The lowest BCUT2D eigenvalue weighted by atomic mass is 9.80. The van der Waals surface area contributed by atoms with E-state index in [1.807, 2.05) is 0 Å². The van der Waals surface area contributed by atoms with Crippen molar-refractivity contribution >= 4 is 0 Å². The lowest BCUT2D eigenvalue weighted by Gasteiger charge is -2.24. The Hall–Kier alpha value is -0.890. The SMILES string of the molecule is CCc1nc(C)ccc1[C@@]1(C)CCOC1. The van der Waals surface area contributed by atoms with Crippen LogP contribution >= 0.6 is 0 Å². The van der Waals surface area contributed by atoms with Crippen LogP contribution in [0.2, 0.25) is 0 Å². The molecule has 0 aromatic carbocycles. The largest absolute Gasteiger partial charge is 0.380 e. The fourth-order valence-electron chi connectivity index (χ4n) is 2.31. The van der Waals surface area contributed by atoms with Crippen molar-refractivity contribution in [3.63, 3.8) is 0 Å². The number of rotatable bonds is 2. The monoisotopic (exact) mass is 205 g/mol. The van der Waals surface area contributed by atoms with Crippen molar-refractivity contribution in [1.82, 2.24) is 4.98 Å². The molecule has 1 aromatic heterocycles. The molecule has 2 nitrogen and oxygen atoms in total. The van der Waals surface area contributed by atoms with Crippen LogP contribution in [-0.2, 0) is 16.6 Å². The molecular formula is C13H19NO. The van der Waals surface area contributed by atoms with Gasteiger partial charge in [0.05, 0.1) is 6.61 Å². The van der Waals surface area contributed by atoms with Crippen LogP contribution in [-0.4, -0.2) is 18.2 Å². The van der Waals surface area contributed by atoms with E-state index in [1.165, 1.54) is 11.3 Å². The summed E-state index contributed by atoms with van der Waals surface area (Å²) >= 11 is 0. The standard InChI is InChI=1S/C13H19NO/c1-4-12-11(6-5-10(2)14-12)13(3)7-8-15-9-13/h5-6H,4,7-9H2,1-3H3/t13-/m0/s1. The number of ether oxygens (including phenoxy) is 1. The highest BCUT2D eigenvalue weighted by atomic mass is 16.5. The Morgan fingerprint density at radius 2 is 2.27 bits per heavy atom. The summed E-state index contributed by atoms with van der Waals surface area (Å²) in [5, 5.41) is 0. The highest BCUT2D eigenvalue weighted by Crippen LogP contribution is 2.34. The van der Waals surface area contributed by atoms with Crippen molar-refractivity contribution in [3.05, 3.63) is 29.1 Å². The second kappa shape index (κ2) is 3.93. The van der Waals surface area contributed by atoms with Crippen molar-refractivity contribution in [2.75, 3.05) is 13.2 Å². The summed E-state index contributed by atoms with van der Waals surface area (Å²) < 4.78 is 5.52. The smallest absolute Gasteiger partial charge is 0.0561 e. The maximum Gasteiger partial charge on any atom is 0.0561 e. The number of aromatic nitrogens is 1. The number of hydrogen-bond acceptors (Lipinski definition) is 2. The normalized spacial score (nSPS) is 25.8. The third-order valence-electron chi connectivity index (χ3n) is 3.32. The van der Waals surface area contributed by atoms with E-state index < -0.39 is 0 Å². The van der Waals surface area contributed by atoms with Gasteiger partial charge in [0.15, 0.2) is 0 Å². The van der Waals surface area contributed by atoms with Crippen LogP contribution in [0.15, 0.2) is 12.1 Å². The molecule has 0 N–H and O–H groups in total. The maximum atomic E-state index is 5.52. The molecular weight excluding hydrogens is 186 g/mol. The molecule has 0 saturated carbocycles. The summed E-state index contributed by atoms with van der Waals surface area (Å²) in [6.07, 6.45) is 2.12. The van der Waals surface area contributed by atoms with Crippen LogP contribution in [0, 0.1) is 6.92 Å². The van der Waals surface area contributed by atoms with E-state index in [2.05, 4.69) is 37.9 Å². The first-order valence-corrected chi connectivity index (χ1v) is 5.70. The lowest BCUT2D eigenvalue weighted by Crippen LogP contribution is -2.24. The molecule has 1 aromatic rings. The summed E-state index contributed by atoms with van der Waals surface area (Å²) in [6, 6.07) is 4.34. The molecule has 82 valence electrons. The van der Waals surface area contributed by atoms with E-state index in [-0.39, 0.29) is 5.41 Å². The van der Waals surface area contributed by atoms with Crippen molar-refractivity contribution < 1.29 is 4.74 Å². The Labute approximate surface area is 91.7 Å². The molecule has 1 aliphatic heterocycles. The molecule has 1 aliphatic rings. The number of aryl methyl sites for hydroxylation is 2. The van der Waals surface area contributed by atoms with E-state index in [1.54, 1.807) is 0 Å². The summed E-state index contributed by atoms with van der Waals surface area (Å²) in [6.45, 7) is 8.23. The van der Waals surface area contributed by atoms with Gasteiger partial charge < -0.3 is 4.74 Å². The predicted octanol–water partition coefficient (Wildman–Crippen LogP) is 2.63. The maximum absolute atomic E-state index is 5.52.